The highest BCUT2D eigenvalue weighted by molar-refractivity contribution is 9.10. The molecule has 4 nitrogen and oxygen atoms in total. The molecule has 1 fully saturated rings. The lowest BCUT2D eigenvalue weighted by molar-refractivity contribution is -0.126. The van der Waals surface area contributed by atoms with E-state index in [1.165, 1.54) is 0 Å². The van der Waals surface area contributed by atoms with Crippen molar-refractivity contribution in [3.8, 4) is 6.07 Å². The summed E-state index contributed by atoms with van der Waals surface area (Å²) in [5.74, 6) is 0.542. The average Bonchev–Trinajstić information content (AvgIpc) is 2.14. The first-order valence-corrected chi connectivity index (χ1v) is 4.86. The Labute approximate surface area is 89.1 Å². The van der Waals surface area contributed by atoms with Gasteiger partial charge < -0.3 is 0 Å². The second-order valence-corrected chi connectivity index (χ2v) is 4.23. The lowest BCUT2D eigenvalue weighted by atomic mass is 9.68. The van der Waals surface area contributed by atoms with Gasteiger partial charge in [0.1, 0.15) is 17.0 Å². The molecule has 1 saturated carbocycles. The van der Waals surface area contributed by atoms with E-state index >= 15 is 0 Å². The molecule has 5 heteroatoms. The fraction of sp³-hybridized carbons (Fsp3) is 0.333. The number of ketones is 1. The molecule has 70 valence electrons. The standard InChI is InChI=1S/C9H6BrN3O/c10-6-3-12-8(13-4-6)9(5-11)1-7(14)2-9/h3-4H,1-2H2. The van der Waals surface area contributed by atoms with Crippen LogP contribution in [0.3, 0.4) is 0 Å². The number of Topliss-reactive ketones (excluding diaryl/α,β-unsaturated/α-hetero) is 1. The average molecular weight is 252 g/mol. The summed E-state index contributed by atoms with van der Waals surface area (Å²) in [6.45, 7) is 0. The van der Waals surface area contributed by atoms with Crippen LogP contribution in [0.15, 0.2) is 16.9 Å². The summed E-state index contributed by atoms with van der Waals surface area (Å²) in [5, 5.41) is 8.98. The molecule has 1 aromatic heterocycles. The maximum absolute atomic E-state index is 10.9. The number of rotatable bonds is 1. The fourth-order valence-corrected chi connectivity index (χ4v) is 1.67. The third kappa shape index (κ3) is 1.32. The van der Waals surface area contributed by atoms with Crippen molar-refractivity contribution in [3.63, 3.8) is 0 Å². The summed E-state index contributed by atoms with van der Waals surface area (Å²) in [6.07, 6.45) is 3.66. The Kier molecular flexibility index (Phi) is 2.08. The summed E-state index contributed by atoms with van der Waals surface area (Å²) in [4.78, 5) is 19.0. The van der Waals surface area contributed by atoms with Gasteiger partial charge in [0, 0.05) is 25.2 Å². The molecule has 0 aliphatic heterocycles. The normalized spacial score (nSPS) is 18.4. The highest BCUT2D eigenvalue weighted by Crippen LogP contribution is 2.38. The molecular formula is C9H6BrN3O. The zero-order chi connectivity index (χ0) is 10.2. The molecule has 0 spiro atoms. The number of nitrogens with zero attached hydrogens (tertiary/aromatic N) is 3. The Morgan fingerprint density at radius 1 is 1.43 bits per heavy atom. The predicted molar refractivity (Wildman–Crippen MR) is 51.3 cm³/mol. The topological polar surface area (TPSA) is 66.6 Å². The van der Waals surface area contributed by atoms with Crippen molar-refractivity contribution in [1.29, 1.82) is 5.26 Å². The Morgan fingerprint density at radius 3 is 2.43 bits per heavy atom. The highest BCUT2D eigenvalue weighted by Gasteiger charge is 2.47. The van der Waals surface area contributed by atoms with Crippen LogP contribution in [0.1, 0.15) is 18.7 Å². The number of hydrogen-bond donors (Lipinski definition) is 0. The smallest absolute Gasteiger partial charge is 0.149 e. The summed E-state index contributed by atoms with van der Waals surface area (Å²) in [7, 11) is 0. The Hall–Kier alpha value is -1.28. The minimum Gasteiger partial charge on any atom is -0.300 e. The van der Waals surface area contributed by atoms with Gasteiger partial charge in [-0.2, -0.15) is 5.26 Å². The molecule has 1 aliphatic rings. The maximum Gasteiger partial charge on any atom is 0.149 e. The van der Waals surface area contributed by atoms with Gasteiger partial charge in [-0.1, -0.05) is 0 Å². The summed E-state index contributed by atoms with van der Waals surface area (Å²) in [6, 6.07) is 2.12. The van der Waals surface area contributed by atoms with Crippen molar-refractivity contribution in [2.45, 2.75) is 18.3 Å². The van der Waals surface area contributed by atoms with Gasteiger partial charge in [-0.25, -0.2) is 9.97 Å². The van der Waals surface area contributed by atoms with Gasteiger partial charge in [0.05, 0.1) is 10.5 Å². The van der Waals surface area contributed by atoms with Crippen LogP contribution in [0.5, 0.6) is 0 Å². The second-order valence-electron chi connectivity index (χ2n) is 3.31. The first-order chi connectivity index (χ1) is 6.66. The largest absolute Gasteiger partial charge is 0.300 e. The first-order valence-electron chi connectivity index (χ1n) is 4.07. The van der Waals surface area contributed by atoms with Crippen LogP contribution in [0.4, 0.5) is 0 Å². The van der Waals surface area contributed by atoms with E-state index in [9.17, 15) is 4.79 Å². The molecule has 0 bridgehead atoms. The highest BCUT2D eigenvalue weighted by atomic mass is 79.9. The molecule has 0 aromatic carbocycles. The van der Waals surface area contributed by atoms with Crippen LogP contribution in [-0.2, 0) is 10.2 Å². The maximum atomic E-state index is 10.9. The van der Waals surface area contributed by atoms with Crippen molar-refractivity contribution >= 4 is 21.7 Å². The summed E-state index contributed by atoms with van der Waals surface area (Å²) in [5.41, 5.74) is -0.766. The Balaban J connectivity index is 2.35. The molecule has 0 unspecified atom stereocenters. The molecule has 0 atom stereocenters. The predicted octanol–water partition coefficient (Wildman–Crippen LogP) is 1.36. The van der Waals surface area contributed by atoms with Gasteiger partial charge in [-0.05, 0) is 15.9 Å². The Bertz CT molecular complexity index is 413. The fourth-order valence-electron chi connectivity index (χ4n) is 1.47. The molecular weight excluding hydrogens is 246 g/mol. The zero-order valence-electron chi connectivity index (χ0n) is 7.20. The quantitative estimate of drug-likeness (QED) is 0.756. The van der Waals surface area contributed by atoms with E-state index in [0.717, 1.165) is 4.47 Å². The van der Waals surface area contributed by atoms with E-state index in [0.29, 0.717) is 5.82 Å². The first kappa shape index (κ1) is 9.28. The van der Waals surface area contributed by atoms with Crippen LogP contribution in [0.25, 0.3) is 0 Å². The third-order valence-corrected chi connectivity index (χ3v) is 2.67. The second kappa shape index (κ2) is 3.14. The summed E-state index contributed by atoms with van der Waals surface area (Å²) >= 11 is 3.21. The zero-order valence-corrected chi connectivity index (χ0v) is 8.78. The minimum absolute atomic E-state index is 0.0954. The van der Waals surface area contributed by atoms with Crippen molar-refractivity contribution in [3.05, 3.63) is 22.7 Å². The number of carbonyl (C=O) groups is 1. The molecule has 1 aromatic rings. The van der Waals surface area contributed by atoms with E-state index in [4.69, 9.17) is 5.26 Å². The van der Waals surface area contributed by atoms with Gasteiger partial charge in [-0.3, -0.25) is 4.79 Å². The number of hydrogen-bond acceptors (Lipinski definition) is 4. The van der Waals surface area contributed by atoms with Crippen molar-refractivity contribution in [2.75, 3.05) is 0 Å². The summed E-state index contributed by atoms with van der Waals surface area (Å²) < 4.78 is 0.764. The Morgan fingerprint density at radius 2 is 2.00 bits per heavy atom. The van der Waals surface area contributed by atoms with Gasteiger partial charge in [0.2, 0.25) is 0 Å². The van der Waals surface area contributed by atoms with Gasteiger partial charge in [0.25, 0.3) is 0 Å². The third-order valence-electron chi connectivity index (χ3n) is 2.26. The molecule has 0 N–H and O–H groups in total. The van der Waals surface area contributed by atoms with Crippen LogP contribution in [0.2, 0.25) is 0 Å². The molecule has 14 heavy (non-hydrogen) atoms. The molecule has 1 aliphatic carbocycles. The number of carbonyl (C=O) groups excluding carboxylic acids is 1. The van der Waals surface area contributed by atoms with Crippen LogP contribution < -0.4 is 0 Å². The van der Waals surface area contributed by atoms with Crippen LogP contribution >= 0.6 is 15.9 Å². The minimum atomic E-state index is -0.766. The van der Waals surface area contributed by atoms with E-state index in [-0.39, 0.29) is 18.6 Å². The number of halogens is 1. The molecule has 1 heterocycles. The molecule has 0 radical (unpaired) electrons. The SMILES string of the molecule is N#CC1(c2ncc(Br)cn2)CC(=O)C1. The molecule has 2 rings (SSSR count). The van der Waals surface area contributed by atoms with E-state index in [1.807, 2.05) is 0 Å². The van der Waals surface area contributed by atoms with Crippen molar-refractivity contribution in [2.24, 2.45) is 0 Å². The number of nitriles is 1. The van der Waals surface area contributed by atoms with Crippen LogP contribution in [-0.4, -0.2) is 15.8 Å². The van der Waals surface area contributed by atoms with Crippen molar-refractivity contribution < 1.29 is 4.79 Å². The lowest BCUT2D eigenvalue weighted by Crippen LogP contribution is -2.41. The van der Waals surface area contributed by atoms with Gasteiger partial charge in [-0.15, -0.1) is 0 Å². The lowest BCUT2D eigenvalue weighted by Gasteiger charge is -2.31. The van der Waals surface area contributed by atoms with E-state index in [1.54, 1.807) is 12.4 Å². The molecule has 0 saturated heterocycles. The number of aromatic nitrogens is 2. The van der Waals surface area contributed by atoms with E-state index in [2.05, 4.69) is 32.0 Å². The van der Waals surface area contributed by atoms with Crippen LogP contribution in [0, 0.1) is 11.3 Å². The van der Waals surface area contributed by atoms with Gasteiger partial charge >= 0.3 is 0 Å². The molecule has 0 amide bonds. The monoisotopic (exact) mass is 251 g/mol. The van der Waals surface area contributed by atoms with Crippen molar-refractivity contribution in [1.82, 2.24) is 9.97 Å². The van der Waals surface area contributed by atoms with E-state index < -0.39 is 5.41 Å². The van der Waals surface area contributed by atoms with Gasteiger partial charge in [0.15, 0.2) is 0 Å².